The SMILES string of the molecule is O=C(Cc1ccsc1)NCc1ccc(C#CCO)s1. The molecule has 3 nitrogen and oxygen atoms in total. The van der Waals surface area contributed by atoms with Crippen molar-refractivity contribution >= 4 is 28.6 Å². The molecule has 0 saturated carbocycles. The van der Waals surface area contributed by atoms with Gasteiger partial charge in [-0.3, -0.25) is 4.79 Å². The highest BCUT2D eigenvalue weighted by molar-refractivity contribution is 7.12. The Labute approximate surface area is 119 Å². The summed E-state index contributed by atoms with van der Waals surface area (Å²) in [7, 11) is 0. The Morgan fingerprint density at radius 1 is 1.37 bits per heavy atom. The lowest BCUT2D eigenvalue weighted by molar-refractivity contribution is -0.120. The van der Waals surface area contributed by atoms with Crippen LogP contribution in [0.25, 0.3) is 0 Å². The second-order valence-corrected chi connectivity index (χ2v) is 5.76. The molecule has 0 saturated heterocycles. The first-order valence-electron chi connectivity index (χ1n) is 5.74. The van der Waals surface area contributed by atoms with E-state index in [0.29, 0.717) is 13.0 Å². The number of hydrogen-bond acceptors (Lipinski definition) is 4. The quantitative estimate of drug-likeness (QED) is 0.847. The van der Waals surface area contributed by atoms with Crippen LogP contribution >= 0.6 is 22.7 Å². The van der Waals surface area contributed by atoms with Crippen molar-refractivity contribution < 1.29 is 9.90 Å². The Hall–Kier alpha value is -1.61. The molecule has 0 aliphatic rings. The second kappa shape index (κ2) is 7.10. The highest BCUT2D eigenvalue weighted by Crippen LogP contribution is 2.15. The van der Waals surface area contributed by atoms with E-state index in [2.05, 4.69) is 17.2 Å². The standard InChI is InChI=1S/C14H13NO2S2/c16-6-1-2-12-3-4-13(19-12)9-15-14(17)8-11-5-7-18-10-11/h3-5,7,10,16H,6,8-9H2,(H,15,17). The van der Waals surface area contributed by atoms with Crippen LogP contribution < -0.4 is 5.32 Å². The van der Waals surface area contributed by atoms with Crippen molar-refractivity contribution in [2.24, 2.45) is 0 Å². The number of thiophene rings is 2. The van der Waals surface area contributed by atoms with E-state index in [9.17, 15) is 4.79 Å². The molecule has 0 spiro atoms. The second-order valence-electron chi connectivity index (χ2n) is 3.81. The fraction of sp³-hybridized carbons (Fsp3) is 0.214. The third-order valence-electron chi connectivity index (χ3n) is 2.36. The average molecular weight is 291 g/mol. The number of rotatable bonds is 4. The lowest BCUT2D eigenvalue weighted by Gasteiger charge is -2.01. The summed E-state index contributed by atoms with van der Waals surface area (Å²) in [5.41, 5.74) is 1.04. The van der Waals surface area contributed by atoms with Crippen molar-refractivity contribution in [3.05, 3.63) is 44.3 Å². The van der Waals surface area contributed by atoms with E-state index < -0.39 is 0 Å². The largest absolute Gasteiger partial charge is 0.384 e. The van der Waals surface area contributed by atoms with Crippen molar-refractivity contribution in [1.82, 2.24) is 5.32 Å². The van der Waals surface area contributed by atoms with Gasteiger partial charge in [-0.2, -0.15) is 11.3 Å². The molecule has 0 radical (unpaired) electrons. The molecule has 19 heavy (non-hydrogen) atoms. The van der Waals surface area contributed by atoms with E-state index in [4.69, 9.17) is 5.11 Å². The number of hydrogen-bond donors (Lipinski definition) is 2. The summed E-state index contributed by atoms with van der Waals surface area (Å²) in [6.07, 6.45) is 0.423. The molecule has 0 fully saturated rings. The van der Waals surface area contributed by atoms with Gasteiger partial charge in [0.1, 0.15) is 6.61 Å². The van der Waals surface area contributed by atoms with Gasteiger partial charge >= 0.3 is 0 Å². The molecule has 2 heterocycles. The zero-order chi connectivity index (χ0) is 13.5. The molecule has 0 atom stereocenters. The van der Waals surface area contributed by atoms with Gasteiger partial charge < -0.3 is 10.4 Å². The third-order valence-corrected chi connectivity index (χ3v) is 4.09. The van der Waals surface area contributed by atoms with Gasteiger partial charge in [-0.25, -0.2) is 0 Å². The lowest BCUT2D eigenvalue weighted by atomic mass is 10.2. The molecule has 5 heteroatoms. The topological polar surface area (TPSA) is 49.3 Å². The number of amides is 1. The first-order chi connectivity index (χ1) is 9.28. The van der Waals surface area contributed by atoms with Gasteiger partial charge in [-0.15, -0.1) is 11.3 Å². The van der Waals surface area contributed by atoms with Crippen LogP contribution in [-0.2, 0) is 17.8 Å². The monoisotopic (exact) mass is 291 g/mol. The first kappa shape index (κ1) is 13.8. The van der Waals surface area contributed by atoms with Crippen LogP contribution in [0.2, 0.25) is 0 Å². The van der Waals surface area contributed by atoms with E-state index in [0.717, 1.165) is 15.3 Å². The number of carbonyl (C=O) groups excluding carboxylic acids is 1. The van der Waals surface area contributed by atoms with E-state index >= 15 is 0 Å². The number of carbonyl (C=O) groups is 1. The van der Waals surface area contributed by atoms with E-state index in [1.54, 1.807) is 11.3 Å². The zero-order valence-corrected chi connectivity index (χ0v) is 11.8. The summed E-state index contributed by atoms with van der Waals surface area (Å²) in [6, 6.07) is 5.79. The molecular formula is C14H13NO2S2. The van der Waals surface area contributed by atoms with E-state index in [1.807, 2.05) is 29.0 Å². The Morgan fingerprint density at radius 3 is 3.00 bits per heavy atom. The maximum atomic E-state index is 11.7. The number of aliphatic hydroxyl groups excluding tert-OH is 1. The number of nitrogens with one attached hydrogen (secondary N) is 1. The molecule has 0 aliphatic carbocycles. The van der Waals surface area contributed by atoms with Crippen LogP contribution in [0.4, 0.5) is 0 Å². The molecule has 2 aromatic heterocycles. The van der Waals surface area contributed by atoms with Crippen LogP contribution in [0.5, 0.6) is 0 Å². The molecule has 0 unspecified atom stereocenters. The highest BCUT2D eigenvalue weighted by atomic mass is 32.1. The summed E-state index contributed by atoms with van der Waals surface area (Å²) in [5.74, 6) is 5.47. The average Bonchev–Trinajstić information content (AvgIpc) is 3.05. The van der Waals surface area contributed by atoms with Crippen LogP contribution in [0.3, 0.4) is 0 Å². The van der Waals surface area contributed by atoms with Crippen molar-refractivity contribution in [1.29, 1.82) is 0 Å². The van der Waals surface area contributed by atoms with Gasteiger partial charge in [-0.1, -0.05) is 11.8 Å². The molecule has 0 bridgehead atoms. The van der Waals surface area contributed by atoms with Crippen molar-refractivity contribution in [2.75, 3.05) is 6.61 Å². The minimum absolute atomic E-state index is 0.0230. The molecule has 2 rings (SSSR count). The molecule has 98 valence electrons. The van der Waals surface area contributed by atoms with Crippen LogP contribution in [0.1, 0.15) is 15.3 Å². The molecule has 0 aromatic carbocycles. The highest BCUT2D eigenvalue weighted by Gasteiger charge is 2.04. The summed E-state index contributed by atoms with van der Waals surface area (Å²) in [6.45, 7) is 0.388. The smallest absolute Gasteiger partial charge is 0.224 e. The van der Waals surface area contributed by atoms with Crippen molar-refractivity contribution in [2.45, 2.75) is 13.0 Å². The van der Waals surface area contributed by atoms with Crippen molar-refractivity contribution in [3.8, 4) is 11.8 Å². The van der Waals surface area contributed by atoms with Gasteiger partial charge in [0.05, 0.1) is 17.8 Å². The van der Waals surface area contributed by atoms with Gasteiger partial charge in [0.15, 0.2) is 0 Å². The summed E-state index contributed by atoms with van der Waals surface area (Å²) in [4.78, 5) is 13.7. The minimum Gasteiger partial charge on any atom is -0.384 e. The maximum absolute atomic E-state index is 11.7. The third kappa shape index (κ3) is 4.52. The summed E-state index contributed by atoms with van der Waals surface area (Å²) in [5, 5.41) is 15.4. The molecule has 2 aromatic rings. The number of aliphatic hydroxyl groups is 1. The molecule has 2 N–H and O–H groups in total. The van der Waals surface area contributed by atoms with Gasteiger partial charge in [0.2, 0.25) is 5.91 Å². The van der Waals surface area contributed by atoms with Crippen LogP contribution in [0, 0.1) is 11.8 Å². The van der Waals surface area contributed by atoms with Crippen molar-refractivity contribution in [3.63, 3.8) is 0 Å². The predicted molar refractivity (Wildman–Crippen MR) is 78.2 cm³/mol. The fourth-order valence-electron chi connectivity index (χ4n) is 1.49. The first-order valence-corrected chi connectivity index (χ1v) is 7.50. The predicted octanol–water partition coefficient (Wildman–Crippen LogP) is 2.01. The van der Waals surface area contributed by atoms with Crippen LogP contribution in [0.15, 0.2) is 29.0 Å². The Balaban J connectivity index is 1.81. The van der Waals surface area contributed by atoms with Gasteiger partial charge in [-0.05, 0) is 34.5 Å². The Bertz CT molecular complexity index is 590. The molecule has 1 amide bonds. The summed E-state index contributed by atoms with van der Waals surface area (Å²) < 4.78 is 0. The van der Waals surface area contributed by atoms with E-state index in [-0.39, 0.29) is 12.5 Å². The lowest BCUT2D eigenvalue weighted by Crippen LogP contribution is -2.23. The fourth-order valence-corrected chi connectivity index (χ4v) is 2.98. The Kier molecular flexibility index (Phi) is 5.16. The minimum atomic E-state index is -0.134. The summed E-state index contributed by atoms with van der Waals surface area (Å²) >= 11 is 3.12. The molecular weight excluding hydrogens is 278 g/mol. The van der Waals surface area contributed by atoms with Gasteiger partial charge in [0.25, 0.3) is 0 Å². The Morgan fingerprint density at radius 2 is 2.26 bits per heavy atom. The van der Waals surface area contributed by atoms with Gasteiger partial charge in [0, 0.05) is 4.88 Å². The maximum Gasteiger partial charge on any atom is 0.224 e. The van der Waals surface area contributed by atoms with E-state index in [1.165, 1.54) is 11.3 Å². The molecule has 0 aliphatic heterocycles. The normalized spacial score (nSPS) is 9.74. The zero-order valence-electron chi connectivity index (χ0n) is 10.2. The van der Waals surface area contributed by atoms with Crippen LogP contribution in [-0.4, -0.2) is 17.6 Å².